The molecular formula is C19H26N2O2. The standard InChI is InChI=1S/C19H26N2O2/c22-19(21-9-4-5-10-21)17-13-20(12-15-6-2-1-3-7-15)14-18-16(17)8-11-23-18/h1-3,6-7,16-18H,4-5,8-14H2/t16-,17+,18+/m0/s1. The molecule has 3 fully saturated rings. The van der Waals surface area contributed by atoms with E-state index < -0.39 is 0 Å². The number of carbonyl (C=O) groups excluding carboxylic acids is 1. The first kappa shape index (κ1) is 15.2. The molecule has 1 aromatic rings. The SMILES string of the molecule is O=C([C@@H]1CN(Cc2ccccc2)C[C@H]2OCC[C@H]21)N1CCCC1. The largest absolute Gasteiger partial charge is 0.377 e. The molecule has 0 unspecified atom stereocenters. The molecule has 3 aliphatic rings. The summed E-state index contributed by atoms with van der Waals surface area (Å²) in [5.41, 5.74) is 1.32. The second-order valence-electron chi connectivity index (χ2n) is 7.18. The summed E-state index contributed by atoms with van der Waals surface area (Å²) in [6, 6.07) is 10.6. The van der Waals surface area contributed by atoms with Gasteiger partial charge in [0.25, 0.3) is 0 Å². The highest BCUT2D eigenvalue weighted by atomic mass is 16.5. The summed E-state index contributed by atoms with van der Waals surface area (Å²) < 4.78 is 5.96. The Morgan fingerprint density at radius 2 is 1.91 bits per heavy atom. The predicted molar refractivity (Wildman–Crippen MR) is 88.9 cm³/mol. The van der Waals surface area contributed by atoms with Crippen LogP contribution in [-0.4, -0.2) is 54.6 Å². The lowest BCUT2D eigenvalue weighted by Crippen LogP contribution is -2.52. The van der Waals surface area contributed by atoms with E-state index >= 15 is 0 Å². The summed E-state index contributed by atoms with van der Waals surface area (Å²) in [5.74, 6) is 0.925. The molecule has 0 bridgehead atoms. The van der Waals surface area contributed by atoms with Crippen LogP contribution >= 0.6 is 0 Å². The summed E-state index contributed by atoms with van der Waals surface area (Å²) in [6.45, 7) is 5.48. The van der Waals surface area contributed by atoms with Gasteiger partial charge in [-0.25, -0.2) is 0 Å². The first-order valence-corrected chi connectivity index (χ1v) is 8.98. The van der Waals surface area contributed by atoms with Crippen LogP contribution in [0.3, 0.4) is 0 Å². The second kappa shape index (κ2) is 6.62. The number of likely N-dealkylation sites (tertiary alicyclic amines) is 2. The first-order chi connectivity index (χ1) is 11.3. The minimum absolute atomic E-state index is 0.123. The van der Waals surface area contributed by atoms with Crippen molar-refractivity contribution in [2.24, 2.45) is 11.8 Å². The van der Waals surface area contributed by atoms with Gasteiger partial charge in [0.05, 0.1) is 12.0 Å². The molecule has 3 saturated heterocycles. The van der Waals surface area contributed by atoms with Gasteiger partial charge in [-0.15, -0.1) is 0 Å². The Balaban J connectivity index is 1.49. The predicted octanol–water partition coefficient (Wildman–Crippen LogP) is 2.15. The van der Waals surface area contributed by atoms with Gasteiger partial charge in [-0.05, 0) is 24.8 Å². The fourth-order valence-corrected chi connectivity index (χ4v) is 4.46. The van der Waals surface area contributed by atoms with E-state index in [1.165, 1.54) is 5.56 Å². The van der Waals surface area contributed by atoms with E-state index in [4.69, 9.17) is 4.74 Å². The molecule has 124 valence electrons. The lowest BCUT2D eigenvalue weighted by atomic mass is 9.81. The monoisotopic (exact) mass is 314 g/mol. The van der Waals surface area contributed by atoms with Crippen LogP contribution in [0.1, 0.15) is 24.8 Å². The summed E-state index contributed by atoms with van der Waals surface area (Å²) in [7, 11) is 0. The number of benzene rings is 1. The highest BCUT2D eigenvalue weighted by molar-refractivity contribution is 5.80. The highest BCUT2D eigenvalue weighted by Gasteiger charge is 2.45. The molecule has 3 heterocycles. The third-order valence-electron chi connectivity index (χ3n) is 5.65. The van der Waals surface area contributed by atoms with Gasteiger partial charge in [-0.1, -0.05) is 30.3 Å². The smallest absolute Gasteiger partial charge is 0.227 e. The molecule has 0 saturated carbocycles. The van der Waals surface area contributed by atoms with E-state index in [1.807, 2.05) is 0 Å². The zero-order valence-corrected chi connectivity index (χ0v) is 13.7. The molecule has 23 heavy (non-hydrogen) atoms. The summed E-state index contributed by atoms with van der Waals surface area (Å²) in [5, 5.41) is 0. The second-order valence-corrected chi connectivity index (χ2v) is 7.18. The third-order valence-corrected chi connectivity index (χ3v) is 5.65. The molecule has 4 heteroatoms. The molecule has 0 radical (unpaired) electrons. The number of nitrogens with zero attached hydrogens (tertiary/aromatic N) is 2. The fraction of sp³-hybridized carbons (Fsp3) is 0.632. The van der Waals surface area contributed by atoms with E-state index in [9.17, 15) is 4.79 Å². The lowest BCUT2D eigenvalue weighted by molar-refractivity contribution is -0.140. The molecule has 0 spiro atoms. The van der Waals surface area contributed by atoms with E-state index in [-0.39, 0.29) is 12.0 Å². The number of hydrogen-bond donors (Lipinski definition) is 0. The van der Waals surface area contributed by atoms with Crippen LogP contribution in [0.25, 0.3) is 0 Å². The van der Waals surface area contributed by atoms with E-state index in [2.05, 4.69) is 40.1 Å². The maximum Gasteiger partial charge on any atom is 0.227 e. The van der Waals surface area contributed by atoms with Gasteiger partial charge >= 0.3 is 0 Å². The normalized spacial score (nSPS) is 31.3. The zero-order chi connectivity index (χ0) is 15.6. The van der Waals surface area contributed by atoms with Gasteiger partial charge in [0.1, 0.15) is 0 Å². The number of rotatable bonds is 3. The maximum absolute atomic E-state index is 13.0. The molecule has 0 aromatic heterocycles. The third kappa shape index (κ3) is 3.15. The van der Waals surface area contributed by atoms with Crippen LogP contribution in [-0.2, 0) is 16.1 Å². The van der Waals surface area contributed by atoms with Crippen molar-refractivity contribution in [1.29, 1.82) is 0 Å². The Bertz CT molecular complexity index is 542. The van der Waals surface area contributed by atoms with Crippen molar-refractivity contribution < 1.29 is 9.53 Å². The average Bonchev–Trinajstić information content (AvgIpc) is 3.26. The Morgan fingerprint density at radius 3 is 2.70 bits per heavy atom. The molecule has 3 atom stereocenters. The Kier molecular flexibility index (Phi) is 4.36. The Morgan fingerprint density at radius 1 is 1.13 bits per heavy atom. The summed E-state index contributed by atoms with van der Waals surface area (Å²) >= 11 is 0. The molecule has 4 nitrogen and oxygen atoms in total. The molecule has 4 rings (SSSR count). The molecule has 1 amide bonds. The average molecular weight is 314 g/mol. The number of piperidine rings is 1. The fourth-order valence-electron chi connectivity index (χ4n) is 4.46. The number of amides is 1. The topological polar surface area (TPSA) is 32.8 Å². The molecule has 3 aliphatic heterocycles. The number of carbonyl (C=O) groups is 1. The number of fused-ring (bicyclic) bond motifs is 1. The van der Waals surface area contributed by atoms with Gasteiger partial charge in [-0.2, -0.15) is 0 Å². The Hall–Kier alpha value is -1.39. The number of hydrogen-bond acceptors (Lipinski definition) is 3. The lowest BCUT2D eigenvalue weighted by Gasteiger charge is -2.40. The van der Waals surface area contributed by atoms with Crippen LogP contribution < -0.4 is 0 Å². The van der Waals surface area contributed by atoms with Crippen molar-refractivity contribution >= 4 is 5.91 Å². The van der Waals surface area contributed by atoms with Crippen LogP contribution in [0.15, 0.2) is 30.3 Å². The van der Waals surface area contributed by atoms with Gasteiger partial charge in [0.15, 0.2) is 0 Å². The van der Waals surface area contributed by atoms with Gasteiger partial charge in [0.2, 0.25) is 5.91 Å². The van der Waals surface area contributed by atoms with Crippen molar-refractivity contribution in [1.82, 2.24) is 9.80 Å². The zero-order valence-electron chi connectivity index (χ0n) is 13.7. The van der Waals surface area contributed by atoms with Gasteiger partial charge in [-0.3, -0.25) is 9.69 Å². The minimum Gasteiger partial charge on any atom is -0.377 e. The maximum atomic E-state index is 13.0. The van der Waals surface area contributed by atoms with E-state index in [0.29, 0.717) is 11.8 Å². The van der Waals surface area contributed by atoms with Crippen LogP contribution in [0, 0.1) is 11.8 Å². The van der Waals surface area contributed by atoms with Crippen molar-refractivity contribution in [3.63, 3.8) is 0 Å². The quantitative estimate of drug-likeness (QED) is 0.857. The van der Waals surface area contributed by atoms with Crippen molar-refractivity contribution in [2.75, 3.05) is 32.8 Å². The van der Waals surface area contributed by atoms with E-state index in [0.717, 1.165) is 58.6 Å². The van der Waals surface area contributed by atoms with Gasteiger partial charge < -0.3 is 9.64 Å². The first-order valence-electron chi connectivity index (χ1n) is 8.98. The molecule has 1 aromatic carbocycles. The molecule has 0 aliphatic carbocycles. The Labute approximate surface area is 138 Å². The van der Waals surface area contributed by atoms with Crippen LogP contribution in [0.2, 0.25) is 0 Å². The van der Waals surface area contributed by atoms with Crippen LogP contribution in [0.4, 0.5) is 0 Å². The number of ether oxygens (including phenoxy) is 1. The molecular weight excluding hydrogens is 288 g/mol. The van der Waals surface area contributed by atoms with Crippen molar-refractivity contribution in [3.8, 4) is 0 Å². The van der Waals surface area contributed by atoms with Gasteiger partial charge in [0, 0.05) is 45.2 Å². The van der Waals surface area contributed by atoms with Crippen molar-refractivity contribution in [2.45, 2.75) is 31.9 Å². The van der Waals surface area contributed by atoms with Crippen molar-refractivity contribution in [3.05, 3.63) is 35.9 Å². The van der Waals surface area contributed by atoms with E-state index in [1.54, 1.807) is 0 Å². The highest BCUT2D eigenvalue weighted by Crippen LogP contribution is 2.35. The van der Waals surface area contributed by atoms with Crippen LogP contribution in [0.5, 0.6) is 0 Å². The minimum atomic E-state index is 0.123. The summed E-state index contributed by atoms with van der Waals surface area (Å²) in [6.07, 6.45) is 3.62. The molecule has 0 N–H and O–H groups in total. The summed E-state index contributed by atoms with van der Waals surface area (Å²) in [4.78, 5) is 17.5.